The average molecular weight is 299 g/mol. The molecule has 1 amide bonds. The third-order valence-electron chi connectivity index (χ3n) is 2.69. The van der Waals surface area contributed by atoms with Crippen LogP contribution < -0.4 is 15.4 Å². The topological polar surface area (TPSA) is 87.3 Å². The van der Waals surface area contributed by atoms with Crippen molar-refractivity contribution in [2.24, 2.45) is 5.92 Å². The fourth-order valence-corrected chi connectivity index (χ4v) is 2.28. The van der Waals surface area contributed by atoms with Crippen LogP contribution in [0, 0.1) is 12.8 Å². The van der Waals surface area contributed by atoms with E-state index >= 15 is 0 Å². The minimum absolute atomic E-state index is 0.165. The highest BCUT2D eigenvalue weighted by Gasteiger charge is 2.15. The lowest BCUT2D eigenvalue weighted by Crippen LogP contribution is -2.29. The first-order valence-electron chi connectivity index (χ1n) is 6.27. The molecule has 0 spiro atoms. The van der Waals surface area contributed by atoms with Crippen LogP contribution in [0.5, 0.6) is 0 Å². The molecular formula is C13H21N3O3S. The molecule has 3 N–H and O–H groups in total. The molecule has 0 aliphatic rings. The maximum Gasteiger partial charge on any atom is 0.229 e. The van der Waals surface area contributed by atoms with Gasteiger partial charge < -0.3 is 10.6 Å². The largest absolute Gasteiger partial charge is 0.324 e. The molecule has 1 rings (SSSR count). The van der Waals surface area contributed by atoms with Crippen molar-refractivity contribution in [1.29, 1.82) is 0 Å². The zero-order valence-corrected chi connectivity index (χ0v) is 13.0. The van der Waals surface area contributed by atoms with Crippen LogP contribution in [0.3, 0.4) is 0 Å². The minimum atomic E-state index is -3.39. The molecule has 0 aliphatic carbocycles. The van der Waals surface area contributed by atoms with Gasteiger partial charge in [-0.1, -0.05) is 13.0 Å². The third-order valence-corrected chi connectivity index (χ3v) is 3.28. The van der Waals surface area contributed by atoms with E-state index in [1.165, 1.54) is 0 Å². The number of aryl methyl sites for hydroxylation is 1. The Labute approximate surface area is 120 Å². The van der Waals surface area contributed by atoms with Crippen molar-refractivity contribution in [3.63, 3.8) is 0 Å². The summed E-state index contributed by atoms with van der Waals surface area (Å²) in [6.07, 6.45) is 1.07. The van der Waals surface area contributed by atoms with Crippen LogP contribution in [0.2, 0.25) is 0 Å². The molecule has 1 aromatic carbocycles. The lowest BCUT2D eigenvalue weighted by atomic mass is 10.1. The summed E-state index contributed by atoms with van der Waals surface area (Å²) in [5.41, 5.74) is 1.76. The Morgan fingerprint density at radius 3 is 2.50 bits per heavy atom. The SMILES string of the molecule is CNCC(C)C(=O)Nc1cc(C)ccc1NS(C)(=O)=O. The Kier molecular flexibility index (Phi) is 5.52. The van der Waals surface area contributed by atoms with Crippen molar-refractivity contribution in [3.8, 4) is 0 Å². The van der Waals surface area contributed by atoms with E-state index < -0.39 is 10.0 Å². The maximum atomic E-state index is 12.0. The second-order valence-corrected chi connectivity index (χ2v) is 6.62. The molecule has 0 aliphatic heterocycles. The average Bonchev–Trinajstić information content (AvgIpc) is 2.31. The molecule has 1 aromatic rings. The van der Waals surface area contributed by atoms with Gasteiger partial charge in [0, 0.05) is 12.5 Å². The van der Waals surface area contributed by atoms with Gasteiger partial charge in [0.15, 0.2) is 0 Å². The number of amides is 1. The maximum absolute atomic E-state index is 12.0. The summed E-state index contributed by atoms with van der Waals surface area (Å²) in [6.45, 7) is 4.22. The summed E-state index contributed by atoms with van der Waals surface area (Å²) in [4.78, 5) is 12.0. The van der Waals surface area contributed by atoms with Gasteiger partial charge in [-0.25, -0.2) is 8.42 Å². The van der Waals surface area contributed by atoms with Crippen LogP contribution in [0.15, 0.2) is 18.2 Å². The smallest absolute Gasteiger partial charge is 0.229 e. The molecule has 20 heavy (non-hydrogen) atoms. The van der Waals surface area contributed by atoms with E-state index in [2.05, 4.69) is 15.4 Å². The van der Waals surface area contributed by atoms with Gasteiger partial charge in [0.25, 0.3) is 0 Å². The Bertz CT molecular complexity index is 585. The van der Waals surface area contributed by atoms with Crippen molar-refractivity contribution in [1.82, 2.24) is 5.32 Å². The molecule has 0 aromatic heterocycles. The number of hydrogen-bond acceptors (Lipinski definition) is 4. The van der Waals surface area contributed by atoms with Crippen LogP contribution in [0.1, 0.15) is 12.5 Å². The van der Waals surface area contributed by atoms with E-state index in [1.807, 2.05) is 6.92 Å². The van der Waals surface area contributed by atoms with E-state index in [-0.39, 0.29) is 11.8 Å². The summed E-state index contributed by atoms with van der Waals surface area (Å²) in [6, 6.07) is 5.15. The first kappa shape index (κ1) is 16.5. The number of rotatable bonds is 6. The van der Waals surface area contributed by atoms with Gasteiger partial charge in [-0.3, -0.25) is 9.52 Å². The van der Waals surface area contributed by atoms with E-state index in [4.69, 9.17) is 0 Å². The molecule has 112 valence electrons. The fraction of sp³-hybridized carbons (Fsp3) is 0.462. The van der Waals surface area contributed by atoms with E-state index in [0.29, 0.717) is 17.9 Å². The molecule has 1 atom stereocenters. The summed E-state index contributed by atoms with van der Waals surface area (Å²) in [5.74, 6) is -0.381. The van der Waals surface area contributed by atoms with Crippen molar-refractivity contribution < 1.29 is 13.2 Å². The highest BCUT2D eigenvalue weighted by Crippen LogP contribution is 2.24. The van der Waals surface area contributed by atoms with E-state index in [1.54, 1.807) is 32.2 Å². The fourth-order valence-electron chi connectivity index (χ4n) is 1.71. The summed E-state index contributed by atoms with van der Waals surface area (Å²) in [7, 11) is -1.62. The Morgan fingerprint density at radius 2 is 1.95 bits per heavy atom. The molecule has 0 bridgehead atoms. The lowest BCUT2D eigenvalue weighted by molar-refractivity contribution is -0.119. The predicted molar refractivity (Wildman–Crippen MR) is 81.4 cm³/mol. The van der Waals surface area contributed by atoms with Crippen LogP contribution in [0.4, 0.5) is 11.4 Å². The highest BCUT2D eigenvalue weighted by atomic mass is 32.2. The van der Waals surface area contributed by atoms with Crippen LogP contribution in [-0.2, 0) is 14.8 Å². The molecular weight excluding hydrogens is 278 g/mol. The number of sulfonamides is 1. The van der Waals surface area contributed by atoms with Crippen LogP contribution >= 0.6 is 0 Å². The minimum Gasteiger partial charge on any atom is -0.324 e. The van der Waals surface area contributed by atoms with Gasteiger partial charge in [0.1, 0.15) is 0 Å². The third kappa shape index (κ3) is 5.18. The molecule has 7 heteroatoms. The normalized spacial score (nSPS) is 12.8. The van der Waals surface area contributed by atoms with Crippen molar-refractivity contribution in [3.05, 3.63) is 23.8 Å². The van der Waals surface area contributed by atoms with Gasteiger partial charge in [0.05, 0.1) is 17.6 Å². The van der Waals surface area contributed by atoms with Gasteiger partial charge in [-0.05, 0) is 31.7 Å². The van der Waals surface area contributed by atoms with Crippen molar-refractivity contribution in [2.75, 3.05) is 29.9 Å². The molecule has 1 unspecified atom stereocenters. The first-order chi connectivity index (χ1) is 9.23. The second kappa shape index (κ2) is 6.71. The van der Waals surface area contributed by atoms with E-state index in [9.17, 15) is 13.2 Å². The number of carbonyl (C=O) groups is 1. The second-order valence-electron chi connectivity index (χ2n) is 4.87. The lowest BCUT2D eigenvalue weighted by Gasteiger charge is -2.15. The molecule has 0 heterocycles. The summed E-state index contributed by atoms with van der Waals surface area (Å²) >= 11 is 0. The van der Waals surface area contributed by atoms with Crippen molar-refractivity contribution in [2.45, 2.75) is 13.8 Å². The number of carbonyl (C=O) groups excluding carboxylic acids is 1. The number of anilines is 2. The zero-order chi connectivity index (χ0) is 15.3. The molecule has 0 saturated carbocycles. The quantitative estimate of drug-likeness (QED) is 0.735. The molecule has 0 radical (unpaired) electrons. The number of nitrogens with one attached hydrogen (secondary N) is 3. The zero-order valence-electron chi connectivity index (χ0n) is 12.1. The predicted octanol–water partition coefficient (Wildman–Crippen LogP) is 1.16. The molecule has 0 saturated heterocycles. The number of hydrogen-bond donors (Lipinski definition) is 3. The first-order valence-corrected chi connectivity index (χ1v) is 8.16. The van der Waals surface area contributed by atoms with Crippen LogP contribution in [-0.4, -0.2) is 34.2 Å². The highest BCUT2D eigenvalue weighted by molar-refractivity contribution is 7.92. The van der Waals surface area contributed by atoms with Gasteiger partial charge >= 0.3 is 0 Å². The van der Waals surface area contributed by atoms with Crippen LogP contribution in [0.25, 0.3) is 0 Å². The summed E-state index contributed by atoms with van der Waals surface area (Å²) in [5, 5.41) is 5.68. The Balaban J connectivity index is 2.98. The number of benzene rings is 1. The Morgan fingerprint density at radius 1 is 1.30 bits per heavy atom. The van der Waals surface area contributed by atoms with E-state index in [0.717, 1.165) is 11.8 Å². The summed E-state index contributed by atoms with van der Waals surface area (Å²) < 4.78 is 25.0. The molecule has 0 fully saturated rings. The van der Waals surface area contributed by atoms with Gasteiger partial charge in [-0.2, -0.15) is 0 Å². The van der Waals surface area contributed by atoms with Gasteiger partial charge in [-0.15, -0.1) is 0 Å². The monoisotopic (exact) mass is 299 g/mol. The van der Waals surface area contributed by atoms with Gasteiger partial charge in [0.2, 0.25) is 15.9 Å². The van der Waals surface area contributed by atoms with Crippen molar-refractivity contribution >= 4 is 27.3 Å². The molecule has 6 nitrogen and oxygen atoms in total. The standard InChI is InChI=1S/C13H21N3O3S/c1-9-5-6-11(16-20(4,18)19)12(7-9)15-13(17)10(2)8-14-3/h5-7,10,14,16H,8H2,1-4H3,(H,15,17). The Hall–Kier alpha value is -1.60.